The van der Waals surface area contributed by atoms with Crippen molar-refractivity contribution in [3.05, 3.63) is 29.8 Å². The Hall–Kier alpha value is -0.980. The monoisotopic (exact) mass is 218 g/mol. The molecule has 0 bridgehead atoms. The van der Waals surface area contributed by atoms with Crippen LogP contribution in [0.2, 0.25) is 0 Å². The lowest BCUT2D eigenvalue weighted by atomic mass is 10.2. The molecular weight excluding hydrogens is 212 g/mol. The van der Waals surface area contributed by atoms with Crippen molar-refractivity contribution < 1.29 is 18.7 Å². The van der Waals surface area contributed by atoms with Crippen LogP contribution in [0.25, 0.3) is 0 Å². The van der Waals surface area contributed by atoms with Gasteiger partial charge >= 0.3 is 5.97 Å². The molecule has 0 aliphatic rings. The molecule has 13 heavy (non-hydrogen) atoms. The molecule has 0 fully saturated rings. The number of carboxylic acid groups (broad SMARTS) is 1. The van der Waals surface area contributed by atoms with Crippen LogP contribution in [0.3, 0.4) is 0 Å². The number of hydrogen-bond donors (Lipinski definition) is 2. The zero-order valence-electron chi connectivity index (χ0n) is 6.34. The summed E-state index contributed by atoms with van der Waals surface area (Å²) in [5, 5.41) is 8.65. The first-order chi connectivity index (χ1) is 5.93. The van der Waals surface area contributed by atoms with E-state index < -0.39 is 14.7 Å². The summed E-state index contributed by atoms with van der Waals surface area (Å²) < 4.78 is 20.0. The number of carboxylic acids is 1. The molecule has 1 aromatic carbocycles. The largest absolute Gasteiger partial charge is 0.478 e. The average molecular weight is 218 g/mol. The second-order valence-electron chi connectivity index (χ2n) is 2.28. The quantitative estimate of drug-likeness (QED) is 0.773. The average Bonchev–Trinajstić information content (AvgIpc) is 2.03. The maximum absolute atomic E-state index is 11.0. The van der Waals surface area contributed by atoms with Crippen LogP contribution in [0.15, 0.2) is 29.2 Å². The van der Waals surface area contributed by atoms with E-state index in [0.717, 1.165) is 0 Å². The molecule has 70 valence electrons. The first kappa shape index (κ1) is 10.1. The van der Waals surface area contributed by atoms with Gasteiger partial charge in [-0.05, 0) is 12.1 Å². The summed E-state index contributed by atoms with van der Waals surface area (Å²) in [5.74, 6) is -1.26. The van der Waals surface area contributed by atoms with Crippen molar-refractivity contribution in [3.63, 3.8) is 0 Å². The van der Waals surface area contributed by atoms with Gasteiger partial charge in [0.25, 0.3) is 0 Å². The second kappa shape index (κ2) is 3.41. The van der Waals surface area contributed by atoms with Crippen molar-refractivity contribution in [1.29, 1.82) is 0 Å². The Kier molecular flexibility index (Phi) is 2.65. The van der Waals surface area contributed by atoms with E-state index in [1.54, 1.807) is 0 Å². The molecule has 0 aromatic heterocycles. The molecule has 0 aliphatic carbocycles. The molecule has 0 saturated carbocycles. The first-order valence-corrected chi connectivity index (χ1v) is 5.67. The third-order valence-corrected chi connectivity index (χ3v) is 2.85. The van der Waals surface area contributed by atoms with E-state index in [1.807, 2.05) is 0 Å². The minimum absolute atomic E-state index is 0.225. The summed E-state index contributed by atoms with van der Waals surface area (Å²) >= 11 is 4.28. The molecule has 1 rings (SSSR count). The lowest BCUT2D eigenvalue weighted by molar-refractivity contribution is 0.0692. The number of rotatable bonds is 2. The van der Waals surface area contributed by atoms with Crippen LogP contribution in [0, 0.1) is 0 Å². The van der Waals surface area contributed by atoms with Crippen molar-refractivity contribution in [2.75, 3.05) is 0 Å². The van der Waals surface area contributed by atoms with Crippen LogP contribution in [0.4, 0.5) is 0 Å². The smallest absolute Gasteiger partial charge is 0.337 e. The lowest BCUT2D eigenvalue weighted by Gasteiger charge is -2.02. The summed E-state index contributed by atoms with van der Waals surface area (Å²) in [5.41, 5.74) is -0.231. The zero-order chi connectivity index (χ0) is 10.1. The molecule has 0 saturated heterocycles. The molecule has 2 N–H and O–H groups in total. The van der Waals surface area contributed by atoms with E-state index in [1.165, 1.54) is 24.3 Å². The van der Waals surface area contributed by atoms with E-state index in [2.05, 4.69) is 11.2 Å². The van der Waals surface area contributed by atoms with E-state index >= 15 is 0 Å². The highest BCUT2D eigenvalue weighted by Crippen LogP contribution is 2.14. The molecule has 1 unspecified atom stereocenters. The fourth-order valence-corrected chi connectivity index (χ4v) is 1.99. The fourth-order valence-electron chi connectivity index (χ4n) is 0.868. The minimum Gasteiger partial charge on any atom is -0.478 e. The minimum atomic E-state index is -3.63. The Labute approximate surface area is 79.7 Å². The third kappa shape index (κ3) is 2.24. The Bertz CT molecular complexity index is 436. The zero-order valence-corrected chi connectivity index (χ0v) is 7.97. The van der Waals surface area contributed by atoms with Gasteiger partial charge in [0.2, 0.25) is 0 Å². The Morgan fingerprint density at radius 1 is 1.38 bits per heavy atom. The molecule has 0 heterocycles. The molecular formula is C7H6O4S2. The summed E-state index contributed by atoms with van der Waals surface area (Å²) in [6, 6.07) is 5.40. The van der Waals surface area contributed by atoms with Gasteiger partial charge in [0.1, 0.15) is 0 Å². The Balaban J connectivity index is 3.46. The second-order valence-corrected chi connectivity index (χ2v) is 5.02. The highest BCUT2D eigenvalue weighted by atomic mass is 32.8. The van der Waals surface area contributed by atoms with Gasteiger partial charge in [-0.1, -0.05) is 12.1 Å². The SMILES string of the molecule is O=C(O)c1ccccc1S(=O)(O)=S. The van der Waals surface area contributed by atoms with Gasteiger partial charge in [-0.15, -0.1) is 0 Å². The van der Waals surface area contributed by atoms with E-state index in [-0.39, 0.29) is 10.5 Å². The summed E-state index contributed by atoms with van der Waals surface area (Å²) in [6.45, 7) is 0. The molecule has 0 aliphatic heterocycles. The van der Waals surface area contributed by atoms with Crippen LogP contribution >= 0.6 is 0 Å². The van der Waals surface area contributed by atoms with Gasteiger partial charge in [0.15, 0.2) is 8.77 Å². The van der Waals surface area contributed by atoms with Crippen molar-refractivity contribution in [2.24, 2.45) is 0 Å². The van der Waals surface area contributed by atoms with Crippen LogP contribution in [-0.2, 0) is 20.0 Å². The molecule has 1 atom stereocenters. The Morgan fingerprint density at radius 3 is 2.31 bits per heavy atom. The van der Waals surface area contributed by atoms with Crippen molar-refractivity contribution >= 4 is 25.9 Å². The van der Waals surface area contributed by atoms with Gasteiger partial charge in [-0.3, -0.25) is 0 Å². The van der Waals surface area contributed by atoms with Crippen molar-refractivity contribution in [3.8, 4) is 0 Å². The predicted octanol–water partition coefficient (Wildman–Crippen LogP) is 0.963. The number of carbonyl (C=O) groups is 1. The highest BCUT2D eigenvalue weighted by molar-refractivity contribution is 8.29. The third-order valence-electron chi connectivity index (χ3n) is 1.40. The first-order valence-electron chi connectivity index (χ1n) is 3.23. The molecule has 4 nitrogen and oxygen atoms in total. The number of aromatic carboxylic acids is 1. The normalized spacial score (nSPS) is 14.8. The standard InChI is InChI=1S/C7H6O4S2/c8-7(9)5-3-1-2-4-6(5)13(10,11)12/h1-4H,(H,8,9)(H,10,11,12). The van der Waals surface area contributed by atoms with Crippen LogP contribution in [0.1, 0.15) is 10.4 Å². The molecule has 0 radical (unpaired) electrons. The van der Waals surface area contributed by atoms with Crippen molar-refractivity contribution in [1.82, 2.24) is 0 Å². The van der Waals surface area contributed by atoms with Gasteiger partial charge in [-0.25, -0.2) is 9.00 Å². The van der Waals surface area contributed by atoms with E-state index in [0.29, 0.717) is 0 Å². The van der Waals surface area contributed by atoms with Gasteiger partial charge in [0.05, 0.1) is 10.5 Å². The lowest BCUT2D eigenvalue weighted by Crippen LogP contribution is -2.06. The number of benzene rings is 1. The molecule has 1 aromatic rings. The van der Waals surface area contributed by atoms with Gasteiger partial charge < -0.3 is 9.66 Å². The molecule has 0 spiro atoms. The maximum atomic E-state index is 11.0. The van der Waals surface area contributed by atoms with Crippen LogP contribution in [0.5, 0.6) is 0 Å². The predicted molar refractivity (Wildman–Crippen MR) is 49.8 cm³/mol. The summed E-state index contributed by atoms with van der Waals surface area (Å²) in [6.07, 6.45) is 0. The van der Waals surface area contributed by atoms with E-state index in [4.69, 9.17) is 9.66 Å². The highest BCUT2D eigenvalue weighted by Gasteiger charge is 2.15. The van der Waals surface area contributed by atoms with E-state index in [9.17, 15) is 9.00 Å². The molecule has 6 heteroatoms. The summed E-state index contributed by atoms with van der Waals surface area (Å²) in [7, 11) is -3.63. The Morgan fingerprint density at radius 2 is 1.92 bits per heavy atom. The number of hydrogen-bond acceptors (Lipinski definition) is 3. The van der Waals surface area contributed by atoms with Gasteiger partial charge in [-0.2, -0.15) is 0 Å². The van der Waals surface area contributed by atoms with Crippen LogP contribution < -0.4 is 0 Å². The topological polar surface area (TPSA) is 74.6 Å². The van der Waals surface area contributed by atoms with Crippen LogP contribution in [-0.4, -0.2) is 19.8 Å². The van der Waals surface area contributed by atoms with Gasteiger partial charge in [0, 0.05) is 11.2 Å². The summed E-state index contributed by atoms with van der Waals surface area (Å²) in [4.78, 5) is 10.4. The molecule has 0 amide bonds. The fraction of sp³-hybridized carbons (Fsp3) is 0. The van der Waals surface area contributed by atoms with Crippen molar-refractivity contribution in [2.45, 2.75) is 4.90 Å². The maximum Gasteiger partial charge on any atom is 0.337 e.